The summed E-state index contributed by atoms with van der Waals surface area (Å²) in [5.74, 6) is 5.97. The summed E-state index contributed by atoms with van der Waals surface area (Å²) in [6, 6.07) is 3.92. The van der Waals surface area contributed by atoms with Crippen LogP contribution in [0, 0.1) is 0 Å². The first-order chi connectivity index (χ1) is 7.52. The van der Waals surface area contributed by atoms with E-state index in [1.807, 2.05) is 12.1 Å². The van der Waals surface area contributed by atoms with E-state index in [9.17, 15) is 0 Å². The van der Waals surface area contributed by atoms with Crippen molar-refractivity contribution in [2.45, 2.75) is 26.2 Å². The zero-order chi connectivity index (χ0) is 11.8. The molecule has 5 heteroatoms. The van der Waals surface area contributed by atoms with Gasteiger partial charge in [0.25, 0.3) is 0 Å². The number of fused-ring (bicyclic) bond motifs is 1. The SMILES string of the molecule is CC(C)(C)c1ccc2c(NN)ncnc2n1. The number of nitrogens with zero attached hydrogens (tertiary/aromatic N) is 3. The second kappa shape index (κ2) is 3.68. The van der Waals surface area contributed by atoms with Crippen molar-refractivity contribution in [3.63, 3.8) is 0 Å². The molecular formula is C11H15N5. The highest BCUT2D eigenvalue weighted by molar-refractivity contribution is 5.85. The summed E-state index contributed by atoms with van der Waals surface area (Å²) >= 11 is 0. The second-order valence-corrected chi connectivity index (χ2v) is 4.68. The number of nitrogen functional groups attached to an aromatic ring is 1. The molecule has 0 spiro atoms. The predicted molar refractivity (Wildman–Crippen MR) is 63.8 cm³/mol. The number of hydrogen-bond donors (Lipinski definition) is 2. The fourth-order valence-corrected chi connectivity index (χ4v) is 1.48. The van der Waals surface area contributed by atoms with Gasteiger partial charge in [-0.1, -0.05) is 20.8 Å². The maximum atomic E-state index is 5.37. The number of anilines is 1. The third-order valence-electron chi connectivity index (χ3n) is 2.40. The minimum Gasteiger partial charge on any atom is -0.308 e. The average molecular weight is 217 g/mol. The van der Waals surface area contributed by atoms with Gasteiger partial charge in [-0.2, -0.15) is 0 Å². The molecule has 0 bridgehead atoms. The molecule has 16 heavy (non-hydrogen) atoms. The van der Waals surface area contributed by atoms with Crippen LogP contribution in [0.1, 0.15) is 26.5 Å². The molecule has 2 rings (SSSR count). The van der Waals surface area contributed by atoms with Gasteiger partial charge >= 0.3 is 0 Å². The van der Waals surface area contributed by atoms with Crippen LogP contribution >= 0.6 is 0 Å². The Labute approximate surface area is 94.1 Å². The van der Waals surface area contributed by atoms with Crippen LogP contribution in [0.4, 0.5) is 5.82 Å². The van der Waals surface area contributed by atoms with Crippen LogP contribution in [0.3, 0.4) is 0 Å². The molecule has 0 amide bonds. The van der Waals surface area contributed by atoms with Crippen molar-refractivity contribution < 1.29 is 0 Å². The maximum absolute atomic E-state index is 5.37. The normalized spacial score (nSPS) is 11.8. The first-order valence-corrected chi connectivity index (χ1v) is 5.11. The summed E-state index contributed by atoms with van der Waals surface area (Å²) in [5, 5.41) is 0.831. The smallest absolute Gasteiger partial charge is 0.164 e. The van der Waals surface area contributed by atoms with Gasteiger partial charge in [-0.3, -0.25) is 0 Å². The number of rotatable bonds is 1. The fraction of sp³-hybridized carbons (Fsp3) is 0.364. The average Bonchev–Trinajstić information content (AvgIpc) is 2.26. The highest BCUT2D eigenvalue weighted by Crippen LogP contribution is 2.24. The summed E-state index contributed by atoms with van der Waals surface area (Å²) in [7, 11) is 0. The van der Waals surface area contributed by atoms with Crippen molar-refractivity contribution in [2.75, 3.05) is 5.43 Å². The number of hydrazine groups is 1. The maximum Gasteiger partial charge on any atom is 0.164 e. The van der Waals surface area contributed by atoms with Gasteiger partial charge in [0.05, 0.1) is 5.39 Å². The summed E-state index contributed by atoms with van der Waals surface area (Å²) in [4.78, 5) is 12.7. The summed E-state index contributed by atoms with van der Waals surface area (Å²) in [5.41, 5.74) is 4.21. The second-order valence-electron chi connectivity index (χ2n) is 4.68. The molecule has 0 saturated heterocycles. The highest BCUT2D eigenvalue weighted by atomic mass is 15.3. The van der Waals surface area contributed by atoms with Gasteiger partial charge in [0.2, 0.25) is 0 Å². The van der Waals surface area contributed by atoms with E-state index in [1.54, 1.807) is 0 Å². The Morgan fingerprint density at radius 2 is 1.94 bits per heavy atom. The fourth-order valence-electron chi connectivity index (χ4n) is 1.48. The Morgan fingerprint density at radius 1 is 1.19 bits per heavy atom. The van der Waals surface area contributed by atoms with E-state index < -0.39 is 0 Å². The predicted octanol–water partition coefficient (Wildman–Crippen LogP) is 1.61. The van der Waals surface area contributed by atoms with Crippen LogP contribution in [0.5, 0.6) is 0 Å². The van der Waals surface area contributed by atoms with Crippen LogP contribution in [-0.4, -0.2) is 15.0 Å². The van der Waals surface area contributed by atoms with Crippen molar-refractivity contribution in [1.29, 1.82) is 0 Å². The molecule has 2 heterocycles. The van der Waals surface area contributed by atoms with E-state index in [0.29, 0.717) is 11.5 Å². The van der Waals surface area contributed by atoms with Gasteiger partial charge in [0.1, 0.15) is 6.33 Å². The molecule has 0 aliphatic carbocycles. The third-order valence-corrected chi connectivity index (χ3v) is 2.40. The monoisotopic (exact) mass is 217 g/mol. The Bertz CT molecular complexity index is 515. The van der Waals surface area contributed by atoms with Crippen molar-refractivity contribution in [3.05, 3.63) is 24.2 Å². The molecule has 5 nitrogen and oxygen atoms in total. The number of aromatic nitrogens is 3. The first-order valence-electron chi connectivity index (χ1n) is 5.11. The topological polar surface area (TPSA) is 76.7 Å². The quantitative estimate of drug-likeness (QED) is 0.560. The molecule has 0 fully saturated rings. The molecule has 3 N–H and O–H groups in total. The number of nitrogens with one attached hydrogen (secondary N) is 1. The molecular weight excluding hydrogens is 202 g/mol. The Kier molecular flexibility index (Phi) is 2.47. The van der Waals surface area contributed by atoms with Crippen LogP contribution in [-0.2, 0) is 5.41 Å². The number of nitrogens with two attached hydrogens (primary N) is 1. The molecule has 0 radical (unpaired) electrons. The minimum absolute atomic E-state index is 0.00937. The highest BCUT2D eigenvalue weighted by Gasteiger charge is 2.16. The molecule has 2 aromatic rings. The molecule has 0 aliphatic rings. The molecule has 0 saturated carbocycles. The summed E-state index contributed by atoms with van der Waals surface area (Å²) in [6.45, 7) is 6.35. The number of hydrogen-bond acceptors (Lipinski definition) is 5. The van der Waals surface area contributed by atoms with Crippen LogP contribution < -0.4 is 11.3 Å². The van der Waals surface area contributed by atoms with Gasteiger partial charge in [-0.15, -0.1) is 0 Å². The molecule has 2 aromatic heterocycles. The van der Waals surface area contributed by atoms with Gasteiger partial charge in [0, 0.05) is 11.1 Å². The van der Waals surface area contributed by atoms with Gasteiger partial charge < -0.3 is 5.43 Å². The van der Waals surface area contributed by atoms with E-state index >= 15 is 0 Å². The van der Waals surface area contributed by atoms with Gasteiger partial charge in [0.15, 0.2) is 11.5 Å². The van der Waals surface area contributed by atoms with E-state index in [4.69, 9.17) is 5.84 Å². The Balaban J connectivity index is 2.64. The van der Waals surface area contributed by atoms with Gasteiger partial charge in [-0.05, 0) is 12.1 Å². The van der Waals surface area contributed by atoms with E-state index in [0.717, 1.165) is 11.1 Å². The van der Waals surface area contributed by atoms with E-state index in [1.165, 1.54) is 6.33 Å². The Morgan fingerprint density at radius 3 is 2.56 bits per heavy atom. The van der Waals surface area contributed by atoms with Crippen LogP contribution in [0.2, 0.25) is 0 Å². The lowest BCUT2D eigenvalue weighted by Gasteiger charge is -2.17. The zero-order valence-corrected chi connectivity index (χ0v) is 9.65. The van der Waals surface area contributed by atoms with Crippen LogP contribution in [0.15, 0.2) is 18.5 Å². The zero-order valence-electron chi connectivity index (χ0n) is 9.65. The minimum atomic E-state index is 0.00937. The van der Waals surface area contributed by atoms with Crippen LogP contribution in [0.25, 0.3) is 11.0 Å². The summed E-state index contributed by atoms with van der Waals surface area (Å²) in [6.07, 6.45) is 1.46. The number of pyridine rings is 1. The van der Waals surface area contributed by atoms with Crippen molar-refractivity contribution in [2.24, 2.45) is 5.84 Å². The van der Waals surface area contributed by atoms with Crippen molar-refractivity contribution in [3.8, 4) is 0 Å². The Hall–Kier alpha value is -1.75. The van der Waals surface area contributed by atoms with E-state index in [2.05, 4.69) is 41.1 Å². The van der Waals surface area contributed by atoms with Gasteiger partial charge in [-0.25, -0.2) is 20.8 Å². The molecule has 0 atom stereocenters. The summed E-state index contributed by atoms with van der Waals surface area (Å²) < 4.78 is 0. The first kappa shape index (κ1) is 10.8. The van der Waals surface area contributed by atoms with Crippen molar-refractivity contribution >= 4 is 16.9 Å². The van der Waals surface area contributed by atoms with Crippen molar-refractivity contribution in [1.82, 2.24) is 15.0 Å². The largest absolute Gasteiger partial charge is 0.308 e. The molecule has 84 valence electrons. The van der Waals surface area contributed by atoms with E-state index in [-0.39, 0.29) is 5.41 Å². The lowest BCUT2D eigenvalue weighted by molar-refractivity contribution is 0.571. The standard InChI is InChI=1S/C11H15N5/c1-11(2,3)8-5-4-7-9(15-8)13-6-14-10(7)16-12/h4-6H,12H2,1-3H3,(H,13,14,15,16). The molecule has 0 aromatic carbocycles. The lowest BCUT2D eigenvalue weighted by atomic mass is 9.91. The molecule has 0 unspecified atom stereocenters. The molecule has 0 aliphatic heterocycles. The lowest BCUT2D eigenvalue weighted by Crippen LogP contribution is -2.14. The third kappa shape index (κ3) is 1.81.